The van der Waals surface area contributed by atoms with Crippen molar-refractivity contribution in [3.8, 4) is 0 Å². The second kappa shape index (κ2) is 5.84. The van der Waals surface area contributed by atoms with E-state index in [1.807, 2.05) is 13.0 Å². The Bertz CT molecular complexity index is 218. The van der Waals surface area contributed by atoms with Gasteiger partial charge in [-0.05, 0) is 25.8 Å². The highest BCUT2D eigenvalue weighted by molar-refractivity contribution is 5.90. The van der Waals surface area contributed by atoms with Crippen LogP contribution in [-0.4, -0.2) is 12.1 Å². The van der Waals surface area contributed by atoms with Gasteiger partial charge in [-0.15, -0.1) is 0 Å². The fraction of sp³-hybridized carbons (Fsp3) is 0.750. The van der Waals surface area contributed by atoms with E-state index in [1.54, 1.807) is 0 Å². The molecule has 2 nitrogen and oxygen atoms in total. The van der Waals surface area contributed by atoms with Crippen LogP contribution in [0.25, 0.3) is 0 Å². The minimum Gasteiger partial charge on any atom is -0.455 e. The number of rotatable bonds is 6. The molecule has 1 aliphatic heterocycles. The summed E-state index contributed by atoms with van der Waals surface area (Å²) in [4.78, 5) is 11.2. The molecule has 80 valence electrons. The van der Waals surface area contributed by atoms with E-state index in [0.29, 0.717) is 0 Å². The summed E-state index contributed by atoms with van der Waals surface area (Å²) in [6.07, 6.45) is 9.04. The van der Waals surface area contributed by atoms with Crippen molar-refractivity contribution in [2.24, 2.45) is 0 Å². The number of hydrogen-bond donors (Lipinski definition) is 0. The highest BCUT2D eigenvalue weighted by atomic mass is 16.5. The molecular formula is C12H20O2. The minimum absolute atomic E-state index is 0.00635. The smallest absolute Gasteiger partial charge is 0.334 e. The first-order chi connectivity index (χ1) is 6.74. The van der Waals surface area contributed by atoms with Gasteiger partial charge in [0, 0.05) is 5.57 Å². The molecule has 0 aromatic rings. The van der Waals surface area contributed by atoms with E-state index in [4.69, 9.17) is 4.74 Å². The van der Waals surface area contributed by atoms with E-state index < -0.39 is 0 Å². The molecule has 0 N–H and O–H groups in total. The zero-order chi connectivity index (χ0) is 10.4. The van der Waals surface area contributed by atoms with E-state index in [9.17, 15) is 4.79 Å². The van der Waals surface area contributed by atoms with Gasteiger partial charge < -0.3 is 4.74 Å². The second-order valence-corrected chi connectivity index (χ2v) is 3.97. The number of esters is 1. The first-order valence-corrected chi connectivity index (χ1v) is 5.65. The Hall–Kier alpha value is -0.790. The van der Waals surface area contributed by atoms with E-state index in [-0.39, 0.29) is 12.1 Å². The van der Waals surface area contributed by atoms with Crippen LogP contribution >= 0.6 is 0 Å². The fourth-order valence-corrected chi connectivity index (χ4v) is 1.73. The van der Waals surface area contributed by atoms with Crippen molar-refractivity contribution >= 4 is 5.97 Å². The third kappa shape index (κ3) is 3.52. The van der Waals surface area contributed by atoms with Crippen molar-refractivity contribution in [2.75, 3.05) is 0 Å². The van der Waals surface area contributed by atoms with Crippen molar-refractivity contribution < 1.29 is 9.53 Å². The average Bonchev–Trinajstić information content (AvgIpc) is 2.45. The van der Waals surface area contributed by atoms with Crippen LogP contribution in [0.15, 0.2) is 11.6 Å². The molecule has 14 heavy (non-hydrogen) atoms. The van der Waals surface area contributed by atoms with Crippen LogP contribution < -0.4 is 0 Å². The molecule has 1 heterocycles. The Morgan fingerprint density at radius 1 is 1.29 bits per heavy atom. The van der Waals surface area contributed by atoms with Gasteiger partial charge in [-0.2, -0.15) is 0 Å². The molecule has 0 aliphatic carbocycles. The van der Waals surface area contributed by atoms with Crippen molar-refractivity contribution in [1.29, 1.82) is 0 Å². The first-order valence-electron chi connectivity index (χ1n) is 5.65. The molecule has 1 aliphatic rings. The maximum absolute atomic E-state index is 11.2. The number of hydrogen-bond acceptors (Lipinski definition) is 2. The number of carbonyl (C=O) groups excluding carboxylic acids is 1. The Kier molecular flexibility index (Phi) is 4.71. The zero-order valence-corrected chi connectivity index (χ0v) is 9.21. The van der Waals surface area contributed by atoms with Gasteiger partial charge in [0.25, 0.3) is 0 Å². The monoisotopic (exact) mass is 196 g/mol. The number of cyclic esters (lactones) is 1. The number of ether oxygens (including phenoxy) is 1. The molecule has 2 heteroatoms. The summed E-state index contributed by atoms with van der Waals surface area (Å²) in [5.41, 5.74) is 0.883. The van der Waals surface area contributed by atoms with Crippen LogP contribution in [0.4, 0.5) is 0 Å². The summed E-state index contributed by atoms with van der Waals surface area (Å²) in [6.45, 7) is 4.11. The predicted octanol–water partition coefficient (Wildman–Crippen LogP) is 3.22. The van der Waals surface area contributed by atoms with Crippen LogP contribution in [0.5, 0.6) is 0 Å². The molecule has 1 atom stereocenters. The Balaban J connectivity index is 2.12. The first kappa shape index (κ1) is 11.3. The number of carbonyl (C=O) groups is 1. The quantitative estimate of drug-likeness (QED) is 0.481. The van der Waals surface area contributed by atoms with Gasteiger partial charge in [-0.25, -0.2) is 4.79 Å². The summed E-state index contributed by atoms with van der Waals surface area (Å²) >= 11 is 0. The van der Waals surface area contributed by atoms with E-state index in [2.05, 4.69) is 6.92 Å². The van der Waals surface area contributed by atoms with E-state index in [1.165, 1.54) is 25.7 Å². The SMILES string of the molecule is CCCCCCCC1=C[C@@H](C)OC1=O. The lowest BCUT2D eigenvalue weighted by Crippen LogP contribution is -2.03. The third-order valence-electron chi connectivity index (χ3n) is 2.54. The highest BCUT2D eigenvalue weighted by Crippen LogP contribution is 2.19. The molecule has 0 amide bonds. The lowest BCUT2D eigenvalue weighted by atomic mass is 10.1. The lowest BCUT2D eigenvalue weighted by molar-refractivity contribution is -0.139. The summed E-state index contributed by atoms with van der Waals surface area (Å²) < 4.78 is 5.02. The molecule has 0 unspecified atom stereocenters. The molecule has 0 aromatic carbocycles. The van der Waals surface area contributed by atoms with E-state index >= 15 is 0 Å². The van der Waals surface area contributed by atoms with Crippen LogP contribution in [-0.2, 0) is 9.53 Å². The summed E-state index contributed by atoms with van der Waals surface area (Å²) in [5, 5.41) is 0. The molecule has 0 bridgehead atoms. The van der Waals surface area contributed by atoms with E-state index in [0.717, 1.165) is 18.4 Å². The molecule has 0 radical (unpaired) electrons. The van der Waals surface area contributed by atoms with Gasteiger partial charge in [0.05, 0.1) is 0 Å². The minimum atomic E-state index is -0.104. The van der Waals surface area contributed by atoms with Crippen LogP contribution in [0.1, 0.15) is 52.4 Å². The van der Waals surface area contributed by atoms with Gasteiger partial charge in [0.15, 0.2) is 0 Å². The molecular weight excluding hydrogens is 176 g/mol. The summed E-state index contributed by atoms with van der Waals surface area (Å²) in [7, 11) is 0. The van der Waals surface area contributed by atoms with Gasteiger partial charge in [-0.1, -0.05) is 32.6 Å². The third-order valence-corrected chi connectivity index (χ3v) is 2.54. The molecule has 0 spiro atoms. The maximum atomic E-state index is 11.2. The van der Waals surface area contributed by atoms with Gasteiger partial charge in [-0.3, -0.25) is 0 Å². The van der Waals surface area contributed by atoms with Crippen molar-refractivity contribution in [2.45, 2.75) is 58.5 Å². The van der Waals surface area contributed by atoms with Gasteiger partial charge in [0.2, 0.25) is 0 Å². The average molecular weight is 196 g/mol. The second-order valence-electron chi connectivity index (χ2n) is 3.97. The van der Waals surface area contributed by atoms with Crippen molar-refractivity contribution in [3.63, 3.8) is 0 Å². The lowest BCUT2D eigenvalue weighted by Gasteiger charge is -2.00. The number of unbranched alkanes of at least 4 members (excludes halogenated alkanes) is 4. The van der Waals surface area contributed by atoms with Crippen molar-refractivity contribution in [1.82, 2.24) is 0 Å². The molecule has 0 saturated heterocycles. The van der Waals surface area contributed by atoms with Gasteiger partial charge in [0.1, 0.15) is 6.10 Å². The van der Waals surface area contributed by atoms with Crippen molar-refractivity contribution in [3.05, 3.63) is 11.6 Å². The van der Waals surface area contributed by atoms with Gasteiger partial charge >= 0.3 is 5.97 Å². The largest absolute Gasteiger partial charge is 0.455 e. The molecule has 0 saturated carbocycles. The maximum Gasteiger partial charge on any atom is 0.334 e. The Labute approximate surface area is 86.3 Å². The topological polar surface area (TPSA) is 26.3 Å². The molecule has 0 fully saturated rings. The highest BCUT2D eigenvalue weighted by Gasteiger charge is 2.20. The van der Waals surface area contributed by atoms with Crippen LogP contribution in [0.3, 0.4) is 0 Å². The molecule has 1 rings (SSSR count). The summed E-state index contributed by atoms with van der Waals surface area (Å²) in [5.74, 6) is -0.104. The fourth-order valence-electron chi connectivity index (χ4n) is 1.73. The zero-order valence-electron chi connectivity index (χ0n) is 9.21. The Morgan fingerprint density at radius 2 is 2.00 bits per heavy atom. The normalized spacial score (nSPS) is 20.9. The predicted molar refractivity (Wildman–Crippen MR) is 57.0 cm³/mol. The van der Waals surface area contributed by atoms with Crippen LogP contribution in [0.2, 0.25) is 0 Å². The molecule has 0 aromatic heterocycles. The van der Waals surface area contributed by atoms with Crippen LogP contribution in [0, 0.1) is 0 Å². The standard InChI is InChI=1S/C12H20O2/c1-3-4-5-6-7-8-11-9-10(2)14-12(11)13/h9-10H,3-8H2,1-2H3/t10-/m1/s1. The Morgan fingerprint density at radius 3 is 2.57 bits per heavy atom. The summed E-state index contributed by atoms with van der Waals surface area (Å²) in [6, 6.07) is 0.